The Hall–Kier alpha value is -3.08. The number of aryl methyl sites for hydroxylation is 2. The minimum Gasteiger partial charge on any atom is -0.324 e. The van der Waals surface area contributed by atoms with Gasteiger partial charge in [0.1, 0.15) is 6.04 Å². The number of rotatable bonds is 8. The van der Waals surface area contributed by atoms with Gasteiger partial charge in [0.2, 0.25) is 15.9 Å². The van der Waals surface area contributed by atoms with E-state index in [2.05, 4.69) is 10.0 Å². The highest BCUT2D eigenvalue weighted by molar-refractivity contribution is 7.92. The number of nitrogens with zero attached hydrogens (tertiary/aromatic N) is 1. The fourth-order valence-electron chi connectivity index (χ4n) is 3.43. The Morgan fingerprint density at radius 3 is 2.03 bits per heavy atom. The van der Waals surface area contributed by atoms with Crippen LogP contribution in [-0.2, 0) is 24.8 Å². The second kappa shape index (κ2) is 10.3. The lowest BCUT2D eigenvalue weighted by atomic mass is 10.1. The molecule has 0 saturated carbocycles. The number of hydrogen-bond acceptors (Lipinski definition) is 5. The smallest absolute Gasteiger partial charge is 0.261 e. The van der Waals surface area contributed by atoms with Crippen LogP contribution in [0.3, 0.4) is 0 Å². The molecular formula is C24H26ClN3O5S2. The number of anilines is 3. The van der Waals surface area contributed by atoms with Gasteiger partial charge < -0.3 is 5.32 Å². The average molecular weight is 536 g/mol. The first kappa shape index (κ1) is 26.5. The third-order valence-corrected chi connectivity index (χ3v) is 8.10. The van der Waals surface area contributed by atoms with Gasteiger partial charge in [0.25, 0.3) is 10.0 Å². The summed E-state index contributed by atoms with van der Waals surface area (Å²) < 4.78 is 54.0. The van der Waals surface area contributed by atoms with Crippen LogP contribution in [0, 0.1) is 13.8 Å². The number of halogens is 1. The Bertz CT molecular complexity index is 1440. The van der Waals surface area contributed by atoms with Crippen LogP contribution in [-0.4, -0.2) is 35.0 Å². The fraction of sp³-hybridized carbons (Fsp3) is 0.208. The summed E-state index contributed by atoms with van der Waals surface area (Å²) in [6.07, 6.45) is 1.05. The highest BCUT2D eigenvalue weighted by Crippen LogP contribution is 2.27. The van der Waals surface area contributed by atoms with E-state index in [0.717, 1.165) is 16.1 Å². The molecule has 3 aromatic rings. The van der Waals surface area contributed by atoms with Gasteiger partial charge in [-0.25, -0.2) is 16.8 Å². The second-order valence-corrected chi connectivity index (χ2v) is 12.1. The van der Waals surface area contributed by atoms with Crippen LogP contribution in [0.2, 0.25) is 5.02 Å². The van der Waals surface area contributed by atoms with Gasteiger partial charge in [0.15, 0.2) is 0 Å². The Morgan fingerprint density at radius 2 is 1.46 bits per heavy atom. The van der Waals surface area contributed by atoms with E-state index in [1.807, 2.05) is 13.0 Å². The highest BCUT2D eigenvalue weighted by Gasteiger charge is 2.30. The van der Waals surface area contributed by atoms with Crippen LogP contribution in [0.4, 0.5) is 17.1 Å². The number of carbonyl (C=O) groups excluding carboxylic acids is 1. The van der Waals surface area contributed by atoms with E-state index >= 15 is 0 Å². The largest absolute Gasteiger partial charge is 0.324 e. The standard InChI is InChI=1S/C24H26ClN3O5S2/c1-16-5-6-17(2)23(15-16)28(34(4,30)31)18(3)24(29)26-20-11-13-22(14-12-20)35(32,33)27-21-9-7-19(25)8-10-21/h5-15,18,27H,1-4H3,(H,26,29)/t18-/m1/s1. The third kappa shape index (κ3) is 6.53. The van der Waals surface area contributed by atoms with Crippen LogP contribution in [0.15, 0.2) is 71.6 Å². The molecule has 186 valence electrons. The maximum Gasteiger partial charge on any atom is 0.261 e. The van der Waals surface area contributed by atoms with Gasteiger partial charge in [-0.2, -0.15) is 0 Å². The zero-order chi connectivity index (χ0) is 26.0. The van der Waals surface area contributed by atoms with Gasteiger partial charge in [-0.05, 0) is 86.5 Å². The van der Waals surface area contributed by atoms with E-state index in [1.165, 1.54) is 31.2 Å². The van der Waals surface area contributed by atoms with Gasteiger partial charge in [-0.15, -0.1) is 0 Å². The molecule has 0 fully saturated rings. The minimum absolute atomic E-state index is 0.00774. The van der Waals surface area contributed by atoms with Crippen LogP contribution in [0.25, 0.3) is 0 Å². The second-order valence-electron chi connectivity index (χ2n) is 8.15. The molecule has 0 bridgehead atoms. The van der Waals surface area contributed by atoms with Gasteiger partial charge in [-0.1, -0.05) is 23.7 Å². The summed E-state index contributed by atoms with van der Waals surface area (Å²) in [5.41, 5.74) is 2.67. The van der Waals surface area contributed by atoms with Crippen molar-refractivity contribution in [3.8, 4) is 0 Å². The summed E-state index contributed by atoms with van der Waals surface area (Å²) in [7, 11) is -7.63. The number of carbonyl (C=O) groups is 1. The van der Waals surface area contributed by atoms with Crippen molar-refractivity contribution in [3.05, 3.63) is 82.9 Å². The molecule has 1 amide bonds. The quantitative estimate of drug-likeness (QED) is 0.439. The van der Waals surface area contributed by atoms with Crippen molar-refractivity contribution in [3.63, 3.8) is 0 Å². The van der Waals surface area contributed by atoms with Crippen molar-refractivity contribution in [2.24, 2.45) is 0 Å². The lowest BCUT2D eigenvalue weighted by molar-refractivity contribution is -0.116. The number of benzene rings is 3. The minimum atomic E-state index is -3.86. The maximum atomic E-state index is 13.0. The summed E-state index contributed by atoms with van der Waals surface area (Å²) in [6.45, 7) is 5.10. The Kier molecular flexibility index (Phi) is 7.78. The lowest BCUT2D eigenvalue weighted by Crippen LogP contribution is -2.45. The van der Waals surface area contributed by atoms with Crippen LogP contribution in [0.1, 0.15) is 18.1 Å². The molecule has 11 heteroatoms. The summed E-state index contributed by atoms with van der Waals surface area (Å²) in [4.78, 5) is 13.0. The van der Waals surface area contributed by atoms with Crippen LogP contribution < -0.4 is 14.3 Å². The molecule has 0 saturated heterocycles. The molecule has 0 aliphatic carbocycles. The molecule has 0 aliphatic heterocycles. The van der Waals surface area contributed by atoms with E-state index in [9.17, 15) is 21.6 Å². The summed E-state index contributed by atoms with van der Waals surface area (Å²) in [5.74, 6) is -0.564. The Labute approximate surface area is 211 Å². The van der Waals surface area contributed by atoms with Crippen molar-refractivity contribution in [1.82, 2.24) is 0 Å². The molecule has 3 rings (SSSR count). The Morgan fingerprint density at radius 1 is 0.886 bits per heavy atom. The third-order valence-electron chi connectivity index (χ3n) is 5.22. The van der Waals surface area contributed by atoms with E-state index in [4.69, 9.17) is 11.6 Å². The zero-order valence-electron chi connectivity index (χ0n) is 19.6. The summed E-state index contributed by atoms with van der Waals surface area (Å²) in [5, 5.41) is 3.14. The number of hydrogen-bond donors (Lipinski definition) is 2. The monoisotopic (exact) mass is 535 g/mol. The molecular weight excluding hydrogens is 510 g/mol. The summed E-state index contributed by atoms with van der Waals surface area (Å²) in [6, 6.07) is 16.1. The van der Waals surface area contributed by atoms with E-state index in [1.54, 1.807) is 43.3 Å². The van der Waals surface area contributed by atoms with E-state index in [0.29, 0.717) is 27.6 Å². The SMILES string of the molecule is Cc1ccc(C)c(N([C@H](C)C(=O)Nc2ccc(S(=O)(=O)Nc3ccc(Cl)cc3)cc2)S(C)(=O)=O)c1. The van der Waals surface area contributed by atoms with Crippen molar-refractivity contribution in [2.75, 3.05) is 20.6 Å². The first-order valence-electron chi connectivity index (χ1n) is 10.5. The molecule has 2 N–H and O–H groups in total. The van der Waals surface area contributed by atoms with Crippen molar-refractivity contribution in [1.29, 1.82) is 0 Å². The van der Waals surface area contributed by atoms with E-state index in [-0.39, 0.29) is 4.90 Å². The predicted molar refractivity (Wildman–Crippen MR) is 140 cm³/mol. The van der Waals surface area contributed by atoms with E-state index < -0.39 is 32.0 Å². The fourth-order valence-corrected chi connectivity index (χ4v) is 5.84. The maximum absolute atomic E-state index is 13.0. The number of sulfonamides is 2. The van der Waals surface area contributed by atoms with Crippen molar-refractivity contribution < 1.29 is 21.6 Å². The molecule has 3 aromatic carbocycles. The van der Waals surface area contributed by atoms with Crippen molar-refractivity contribution in [2.45, 2.75) is 31.7 Å². The average Bonchev–Trinajstić information content (AvgIpc) is 2.77. The first-order valence-corrected chi connectivity index (χ1v) is 14.2. The first-order chi connectivity index (χ1) is 16.3. The van der Waals surface area contributed by atoms with Crippen LogP contribution in [0.5, 0.6) is 0 Å². The Balaban J connectivity index is 1.79. The zero-order valence-corrected chi connectivity index (χ0v) is 22.0. The molecule has 8 nitrogen and oxygen atoms in total. The summed E-state index contributed by atoms with van der Waals surface area (Å²) >= 11 is 5.83. The van der Waals surface area contributed by atoms with Crippen molar-refractivity contribution >= 4 is 54.6 Å². The molecule has 1 atom stereocenters. The van der Waals surface area contributed by atoms with Gasteiger partial charge in [0.05, 0.1) is 16.8 Å². The molecule has 35 heavy (non-hydrogen) atoms. The van der Waals surface area contributed by atoms with Gasteiger partial charge in [0, 0.05) is 16.4 Å². The highest BCUT2D eigenvalue weighted by atomic mass is 35.5. The molecule has 0 heterocycles. The number of amides is 1. The molecule has 0 aliphatic rings. The van der Waals surface area contributed by atoms with Crippen LogP contribution >= 0.6 is 11.6 Å². The molecule has 0 spiro atoms. The normalized spacial score (nSPS) is 12.6. The number of nitrogens with one attached hydrogen (secondary N) is 2. The predicted octanol–water partition coefficient (Wildman–Crippen LogP) is 4.55. The topological polar surface area (TPSA) is 113 Å². The lowest BCUT2D eigenvalue weighted by Gasteiger charge is -2.29. The van der Waals surface area contributed by atoms with Gasteiger partial charge in [-0.3, -0.25) is 13.8 Å². The van der Waals surface area contributed by atoms with Gasteiger partial charge >= 0.3 is 0 Å². The molecule has 0 radical (unpaired) electrons. The molecule has 0 aromatic heterocycles. The molecule has 0 unspecified atom stereocenters.